The summed E-state index contributed by atoms with van der Waals surface area (Å²) in [7, 11) is 0. The fraction of sp³-hybridized carbons (Fsp3) is 0.438. The van der Waals surface area contributed by atoms with Gasteiger partial charge in [-0.25, -0.2) is 0 Å². The van der Waals surface area contributed by atoms with E-state index in [9.17, 15) is 4.79 Å². The average Bonchev–Trinajstić information content (AvgIpc) is 2.84. The largest absolute Gasteiger partial charge is 0.365 e. The van der Waals surface area contributed by atoms with Gasteiger partial charge in [0.15, 0.2) is 0 Å². The molecule has 0 spiro atoms. The van der Waals surface area contributed by atoms with E-state index in [-0.39, 0.29) is 5.91 Å². The number of hydrogen-bond donors (Lipinski definition) is 2. The van der Waals surface area contributed by atoms with Crippen LogP contribution in [0.3, 0.4) is 0 Å². The molecule has 1 aliphatic heterocycles. The maximum atomic E-state index is 12.3. The number of carbonyl (C=O) groups is 1. The van der Waals surface area contributed by atoms with Gasteiger partial charge in [-0.1, -0.05) is 11.8 Å². The molecule has 4 heteroatoms. The van der Waals surface area contributed by atoms with Crippen molar-refractivity contribution in [1.29, 1.82) is 0 Å². The minimum absolute atomic E-state index is 0.0988. The van der Waals surface area contributed by atoms with E-state index in [4.69, 9.17) is 10.5 Å². The first-order valence-electron chi connectivity index (χ1n) is 6.79. The molecule has 20 heavy (non-hydrogen) atoms. The van der Waals surface area contributed by atoms with Crippen LogP contribution < -0.4 is 11.1 Å². The van der Waals surface area contributed by atoms with E-state index in [0.717, 1.165) is 29.7 Å². The Bertz CT molecular complexity index is 564. The Labute approximate surface area is 119 Å². The summed E-state index contributed by atoms with van der Waals surface area (Å²) >= 11 is 0. The van der Waals surface area contributed by atoms with E-state index >= 15 is 0 Å². The Balaban J connectivity index is 2.16. The van der Waals surface area contributed by atoms with Gasteiger partial charge >= 0.3 is 0 Å². The number of anilines is 1. The fourth-order valence-electron chi connectivity index (χ4n) is 2.30. The topological polar surface area (TPSA) is 64.3 Å². The van der Waals surface area contributed by atoms with Crippen molar-refractivity contribution in [3.8, 4) is 11.8 Å². The second-order valence-corrected chi connectivity index (χ2v) is 5.23. The quantitative estimate of drug-likeness (QED) is 0.807. The van der Waals surface area contributed by atoms with Crippen LogP contribution in [0.4, 0.5) is 5.69 Å². The second kappa shape index (κ2) is 6.08. The molecule has 2 rings (SSSR count). The lowest BCUT2D eigenvalue weighted by Gasteiger charge is -2.22. The van der Waals surface area contributed by atoms with Crippen molar-refractivity contribution in [1.82, 2.24) is 0 Å². The van der Waals surface area contributed by atoms with E-state index in [1.165, 1.54) is 0 Å². The molecule has 0 radical (unpaired) electrons. The Hall–Kier alpha value is -1.83. The van der Waals surface area contributed by atoms with Gasteiger partial charge in [0.05, 0.1) is 6.54 Å². The number of carbonyl (C=O) groups excluding carboxylic acids is 1. The summed E-state index contributed by atoms with van der Waals surface area (Å²) in [4.78, 5) is 12.3. The molecule has 1 heterocycles. The number of amides is 1. The molecular weight excluding hydrogens is 252 g/mol. The van der Waals surface area contributed by atoms with Crippen molar-refractivity contribution >= 4 is 11.6 Å². The summed E-state index contributed by atoms with van der Waals surface area (Å²) < 4.78 is 5.54. The Morgan fingerprint density at radius 1 is 1.50 bits per heavy atom. The standard InChI is InChI=1S/C16H20N2O2/c1-12-9-13(5-3-7-17)11-14(10-12)18-15(19)16(2)6-4-8-20-16/h9-11H,4,6-8,17H2,1-2H3,(H,18,19). The van der Waals surface area contributed by atoms with Gasteiger partial charge in [-0.15, -0.1) is 0 Å². The zero-order valence-corrected chi connectivity index (χ0v) is 12.0. The SMILES string of the molecule is Cc1cc(C#CCN)cc(NC(=O)C2(C)CCCO2)c1. The summed E-state index contributed by atoms with van der Waals surface area (Å²) in [6, 6.07) is 5.74. The van der Waals surface area contributed by atoms with Gasteiger partial charge in [0, 0.05) is 17.9 Å². The number of benzene rings is 1. The maximum absolute atomic E-state index is 12.3. The predicted octanol–water partition coefficient (Wildman–Crippen LogP) is 1.81. The fourth-order valence-corrected chi connectivity index (χ4v) is 2.30. The molecule has 1 saturated heterocycles. The molecule has 1 aromatic rings. The molecule has 0 saturated carbocycles. The molecule has 0 aromatic heterocycles. The third kappa shape index (κ3) is 3.38. The highest BCUT2D eigenvalue weighted by Crippen LogP contribution is 2.27. The highest BCUT2D eigenvalue weighted by molar-refractivity contribution is 5.97. The highest BCUT2D eigenvalue weighted by Gasteiger charge is 2.37. The lowest BCUT2D eigenvalue weighted by atomic mass is 10.0. The molecule has 1 aromatic carbocycles. The van der Waals surface area contributed by atoms with E-state index in [1.807, 2.05) is 32.0 Å². The van der Waals surface area contributed by atoms with Crippen LogP contribution in [0, 0.1) is 18.8 Å². The second-order valence-electron chi connectivity index (χ2n) is 5.23. The smallest absolute Gasteiger partial charge is 0.256 e. The first-order valence-corrected chi connectivity index (χ1v) is 6.79. The first-order chi connectivity index (χ1) is 9.53. The van der Waals surface area contributed by atoms with Crippen molar-refractivity contribution in [2.45, 2.75) is 32.3 Å². The van der Waals surface area contributed by atoms with Gasteiger partial charge in [-0.2, -0.15) is 0 Å². The zero-order chi connectivity index (χ0) is 14.6. The van der Waals surface area contributed by atoms with Gasteiger partial charge in [0.2, 0.25) is 0 Å². The first kappa shape index (κ1) is 14.6. The molecule has 106 valence electrons. The molecule has 1 amide bonds. The number of nitrogens with two attached hydrogens (primary N) is 1. The lowest BCUT2D eigenvalue weighted by molar-refractivity contribution is -0.133. The van der Waals surface area contributed by atoms with Crippen LogP contribution in [0.5, 0.6) is 0 Å². The van der Waals surface area contributed by atoms with Crippen molar-refractivity contribution < 1.29 is 9.53 Å². The molecule has 0 aliphatic carbocycles. The maximum Gasteiger partial charge on any atom is 0.256 e. The summed E-state index contributed by atoms with van der Waals surface area (Å²) in [5.74, 6) is 5.70. The van der Waals surface area contributed by atoms with Gasteiger partial charge in [0.1, 0.15) is 5.60 Å². The van der Waals surface area contributed by atoms with Crippen molar-refractivity contribution in [2.24, 2.45) is 5.73 Å². The van der Waals surface area contributed by atoms with Crippen LogP contribution in [0.25, 0.3) is 0 Å². The van der Waals surface area contributed by atoms with E-state index in [2.05, 4.69) is 17.2 Å². The van der Waals surface area contributed by atoms with Crippen molar-refractivity contribution in [2.75, 3.05) is 18.5 Å². The van der Waals surface area contributed by atoms with Crippen LogP contribution in [0.15, 0.2) is 18.2 Å². The van der Waals surface area contributed by atoms with E-state index < -0.39 is 5.60 Å². The molecule has 4 nitrogen and oxygen atoms in total. The Morgan fingerprint density at radius 2 is 2.30 bits per heavy atom. The molecule has 0 bridgehead atoms. The minimum Gasteiger partial charge on any atom is -0.365 e. The molecule has 3 N–H and O–H groups in total. The molecule has 1 fully saturated rings. The predicted molar refractivity (Wildman–Crippen MR) is 79.3 cm³/mol. The van der Waals surface area contributed by atoms with Gasteiger partial charge in [0.25, 0.3) is 5.91 Å². The Kier molecular flexibility index (Phi) is 4.43. The zero-order valence-electron chi connectivity index (χ0n) is 12.0. The third-order valence-electron chi connectivity index (χ3n) is 3.37. The van der Waals surface area contributed by atoms with E-state index in [1.54, 1.807) is 0 Å². The van der Waals surface area contributed by atoms with Crippen molar-refractivity contribution in [3.05, 3.63) is 29.3 Å². The monoisotopic (exact) mass is 272 g/mol. The summed E-state index contributed by atoms with van der Waals surface area (Å²) in [5, 5.41) is 2.92. The molecule has 1 aliphatic rings. The van der Waals surface area contributed by atoms with Crippen LogP contribution in [0.1, 0.15) is 30.9 Å². The highest BCUT2D eigenvalue weighted by atomic mass is 16.5. The van der Waals surface area contributed by atoms with Crippen molar-refractivity contribution in [3.63, 3.8) is 0 Å². The molecular formula is C16H20N2O2. The number of hydrogen-bond acceptors (Lipinski definition) is 3. The number of rotatable bonds is 2. The average molecular weight is 272 g/mol. The number of ether oxygens (including phenoxy) is 1. The Morgan fingerprint density at radius 3 is 2.95 bits per heavy atom. The van der Waals surface area contributed by atoms with Crippen LogP contribution in [-0.4, -0.2) is 24.7 Å². The third-order valence-corrected chi connectivity index (χ3v) is 3.37. The molecule has 1 atom stereocenters. The van der Waals surface area contributed by atoms with Gasteiger partial charge in [-0.05, 0) is 50.5 Å². The summed E-state index contributed by atoms with van der Waals surface area (Å²) in [6.07, 6.45) is 1.68. The number of aryl methyl sites for hydroxylation is 1. The molecule has 1 unspecified atom stereocenters. The van der Waals surface area contributed by atoms with Crippen LogP contribution in [0.2, 0.25) is 0 Å². The summed E-state index contributed by atoms with van der Waals surface area (Å²) in [5.41, 5.74) is 7.29. The van der Waals surface area contributed by atoms with Crippen LogP contribution in [-0.2, 0) is 9.53 Å². The van der Waals surface area contributed by atoms with Crippen LogP contribution >= 0.6 is 0 Å². The normalized spacial score (nSPS) is 21.1. The number of nitrogens with one attached hydrogen (secondary N) is 1. The van der Waals surface area contributed by atoms with Gasteiger partial charge < -0.3 is 15.8 Å². The lowest BCUT2D eigenvalue weighted by Crippen LogP contribution is -2.39. The minimum atomic E-state index is -0.715. The summed E-state index contributed by atoms with van der Waals surface area (Å²) in [6.45, 7) is 4.77. The van der Waals surface area contributed by atoms with Gasteiger partial charge in [-0.3, -0.25) is 4.79 Å². The van der Waals surface area contributed by atoms with E-state index in [0.29, 0.717) is 13.2 Å².